The van der Waals surface area contributed by atoms with Gasteiger partial charge in [0.25, 0.3) is 0 Å². The maximum absolute atomic E-state index is 5.97. The molecule has 3 unspecified atom stereocenters. The van der Waals surface area contributed by atoms with Gasteiger partial charge in [0.1, 0.15) is 12.9 Å². The molecule has 1 N–H and O–H groups in total. The molecule has 0 aliphatic carbocycles. The van der Waals surface area contributed by atoms with E-state index in [1.165, 1.54) is 29.8 Å². The van der Waals surface area contributed by atoms with E-state index in [4.69, 9.17) is 4.74 Å². The Morgan fingerprint density at radius 2 is 2.15 bits per heavy atom. The smallest absolute Gasteiger partial charge is 0.130 e. The molecule has 0 spiro atoms. The number of piperidine rings is 1. The number of nitrogens with zero attached hydrogens (tertiary/aromatic N) is 3. The summed E-state index contributed by atoms with van der Waals surface area (Å²) in [6, 6.07) is 11.3. The first-order valence-corrected chi connectivity index (χ1v) is 10.1. The predicted octanol–water partition coefficient (Wildman–Crippen LogP) is 2.58. The van der Waals surface area contributed by atoms with Crippen molar-refractivity contribution >= 4 is 6.21 Å². The van der Waals surface area contributed by atoms with Gasteiger partial charge < -0.3 is 15.0 Å². The highest BCUT2D eigenvalue weighted by Crippen LogP contribution is 2.37. The van der Waals surface area contributed by atoms with E-state index in [1.807, 2.05) is 6.21 Å². The molecule has 4 atom stereocenters. The third-order valence-corrected chi connectivity index (χ3v) is 6.40. The van der Waals surface area contributed by atoms with Crippen LogP contribution in [0.15, 0.2) is 58.9 Å². The molecule has 1 fully saturated rings. The number of hydrogen-bond donors (Lipinski definition) is 1. The second-order valence-corrected chi connectivity index (χ2v) is 8.19. The Morgan fingerprint density at radius 3 is 3.04 bits per heavy atom. The van der Waals surface area contributed by atoms with Crippen LogP contribution in [0.5, 0.6) is 0 Å². The van der Waals surface area contributed by atoms with Gasteiger partial charge >= 0.3 is 0 Å². The molecular weight excluding hydrogens is 336 g/mol. The molecule has 1 aromatic rings. The summed E-state index contributed by atoms with van der Waals surface area (Å²) < 4.78 is 5.97. The number of ether oxygens (including phenoxy) is 1. The summed E-state index contributed by atoms with van der Waals surface area (Å²) in [5, 5.41) is 3.38. The third-order valence-electron chi connectivity index (χ3n) is 6.40. The van der Waals surface area contributed by atoms with Crippen LogP contribution in [0.2, 0.25) is 0 Å². The van der Waals surface area contributed by atoms with Crippen LogP contribution in [-0.4, -0.2) is 54.6 Å². The van der Waals surface area contributed by atoms with E-state index in [0.29, 0.717) is 31.2 Å². The fourth-order valence-corrected chi connectivity index (χ4v) is 4.88. The monoisotopic (exact) mass is 364 g/mol. The van der Waals surface area contributed by atoms with Crippen molar-refractivity contribution < 1.29 is 4.74 Å². The number of fused-ring (bicyclic) bond motifs is 2. The molecule has 4 heterocycles. The van der Waals surface area contributed by atoms with Crippen LogP contribution in [-0.2, 0) is 11.3 Å². The number of likely N-dealkylation sites (tertiary alicyclic amines) is 1. The minimum atomic E-state index is 0.156. The summed E-state index contributed by atoms with van der Waals surface area (Å²) in [4.78, 5) is 9.82. The summed E-state index contributed by atoms with van der Waals surface area (Å²) in [6.07, 6.45) is 7.74. The Balaban J connectivity index is 1.38. The van der Waals surface area contributed by atoms with Crippen molar-refractivity contribution in [3.05, 3.63) is 59.4 Å². The van der Waals surface area contributed by atoms with Gasteiger partial charge in [0, 0.05) is 36.6 Å². The number of dihydropyridines is 1. The summed E-state index contributed by atoms with van der Waals surface area (Å²) in [7, 11) is 0. The number of aliphatic imine (C=N–C) groups is 1. The molecule has 0 amide bonds. The van der Waals surface area contributed by atoms with Gasteiger partial charge in [0.05, 0.1) is 12.5 Å². The zero-order chi connectivity index (χ0) is 18.2. The van der Waals surface area contributed by atoms with Gasteiger partial charge in [-0.05, 0) is 30.6 Å². The van der Waals surface area contributed by atoms with Gasteiger partial charge in [-0.25, -0.2) is 0 Å². The normalized spacial score (nSPS) is 33.0. The second kappa shape index (κ2) is 7.13. The highest BCUT2D eigenvalue weighted by atomic mass is 16.5. The van der Waals surface area contributed by atoms with Crippen molar-refractivity contribution in [1.29, 1.82) is 0 Å². The first-order chi connectivity index (χ1) is 13.3. The molecule has 0 bridgehead atoms. The lowest BCUT2D eigenvalue weighted by Gasteiger charge is -2.48. The van der Waals surface area contributed by atoms with E-state index in [-0.39, 0.29) is 6.17 Å². The maximum atomic E-state index is 5.97. The second-order valence-electron chi connectivity index (χ2n) is 8.19. The Hall–Kier alpha value is -2.11. The molecule has 0 aromatic heterocycles. The number of nitrogens with one attached hydrogen (secondary N) is 1. The van der Waals surface area contributed by atoms with E-state index in [1.54, 1.807) is 0 Å². The summed E-state index contributed by atoms with van der Waals surface area (Å²) in [5.41, 5.74) is 4.08. The van der Waals surface area contributed by atoms with E-state index < -0.39 is 0 Å². The van der Waals surface area contributed by atoms with Gasteiger partial charge in [-0.2, -0.15) is 0 Å². The van der Waals surface area contributed by atoms with Crippen LogP contribution in [0.1, 0.15) is 18.9 Å². The fraction of sp³-hybridized carbons (Fsp3) is 0.500. The summed E-state index contributed by atoms with van der Waals surface area (Å²) >= 11 is 0. The Kier molecular flexibility index (Phi) is 4.50. The van der Waals surface area contributed by atoms with Crippen LogP contribution in [0.25, 0.3) is 0 Å². The lowest BCUT2D eigenvalue weighted by atomic mass is 9.88. The van der Waals surface area contributed by atoms with Crippen molar-refractivity contribution in [2.45, 2.75) is 32.1 Å². The standard InChI is InChI=1S/C22H28N4O/c1-16-8-10-25(12-17-5-3-2-4-6-17)13-20(16)26-15-27-14-18-11-24-22-19(21(18)26)7-9-23-22/h2-7,9,11,16,19-20,22-23H,8,10,12-15H2,1H3/t16-,19?,20?,22?/m1/s1. The van der Waals surface area contributed by atoms with E-state index in [9.17, 15) is 0 Å². The molecule has 1 aromatic carbocycles. The van der Waals surface area contributed by atoms with Gasteiger partial charge in [0.2, 0.25) is 0 Å². The molecule has 0 saturated carbocycles. The zero-order valence-corrected chi connectivity index (χ0v) is 15.9. The van der Waals surface area contributed by atoms with Crippen molar-refractivity contribution in [3.63, 3.8) is 0 Å². The molecular formula is C22H28N4O. The van der Waals surface area contributed by atoms with Crippen molar-refractivity contribution in [1.82, 2.24) is 15.1 Å². The third kappa shape index (κ3) is 3.19. The van der Waals surface area contributed by atoms with Crippen LogP contribution in [0.3, 0.4) is 0 Å². The molecule has 4 aliphatic heterocycles. The van der Waals surface area contributed by atoms with Crippen LogP contribution in [0, 0.1) is 11.8 Å². The van der Waals surface area contributed by atoms with Crippen LogP contribution < -0.4 is 5.32 Å². The van der Waals surface area contributed by atoms with Crippen molar-refractivity contribution in [2.24, 2.45) is 16.8 Å². The van der Waals surface area contributed by atoms with Gasteiger partial charge in [-0.3, -0.25) is 9.89 Å². The van der Waals surface area contributed by atoms with Crippen molar-refractivity contribution in [2.75, 3.05) is 26.4 Å². The van der Waals surface area contributed by atoms with E-state index in [2.05, 4.69) is 69.6 Å². The highest BCUT2D eigenvalue weighted by Gasteiger charge is 2.40. The molecule has 5 heteroatoms. The zero-order valence-electron chi connectivity index (χ0n) is 15.9. The molecule has 5 nitrogen and oxygen atoms in total. The first kappa shape index (κ1) is 17.0. The maximum Gasteiger partial charge on any atom is 0.130 e. The molecule has 27 heavy (non-hydrogen) atoms. The minimum absolute atomic E-state index is 0.156. The van der Waals surface area contributed by atoms with Crippen molar-refractivity contribution in [3.8, 4) is 0 Å². The number of rotatable bonds is 3. The molecule has 1 saturated heterocycles. The molecule has 4 aliphatic rings. The van der Waals surface area contributed by atoms with E-state index >= 15 is 0 Å². The largest absolute Gasteiger partial charge is 0.369 e. The van der Waals surface area contributed by atoms with Gasteiger partial charge in [-0.15, -0.1) is 0 Å². The molecule has 0 radical (unpaired) electrons. The summed E-state index contributed by atoms with van der Waals surface area (Å²) in [6.45, 7) is 7.05. The minimum Gasteiger partial charge on any atom is -0.369 e. The summed E-state index contributed by atoms with van der Waals surface area (Å²) in [5.74, 6) is 0.994. The highest BCUT2D eigenvalue weighted by molar-refractivity contribution is 5.82. The average Bonchev–Trinajstić information content (AvgIpc) is 3.19. The molecule has 5 rings (SSSR count). The Labute approximate surface area is 161 Å². The average molecular weight is 364 g/mol. The first-order valence-electron chi connectivity index (χ1n) is 10.1. The van der Waals surface area contributed by atoms with Gasteiger partial charge in [-0.1, -0.05) is 43.3 Å². The van der Waals surface area contributed by atoms with E-state index in [0.717, 1.165) is 13.1 Å². The van der Waals surface area contributed by atoms with Crippen LogP contribution in [0.4, 0.5) is 0 Å². The van der Waals surface area contributed by atoms with Crippen LogP contribution >= 0.6 is 0 Å². The lowest BCUT2D eigenvalue weighted by Crippen LogP contribution is -2.55. The SMILES string of the molecule is C[C@@H]1CCN(Cc2ccccc2)CC1N1COCC2=C1C1C=CNC1N=C2. The van der Waals surface area contributed by atoms with Gasteiger partial charge in [0.15, 0.2) is 0 Å². The Morgan fingerprint density at radius 1 is 1.26 bits per heavy atom. The number of hydrogen-bond acceptors (Lipinski definition) is 5. The molecule has 142 valence electrons. The topological polar surface area (TPSA) is 40.1 Å². The lowest BCUT2D eigenvalue weighted by molar-refractivity contribution is -0.0261. The quantitative estimate of drug-likeness (QED) is 0.895. The fourth-order valence-electron chi connectivity index (χ4n) is 4.88. The Bertz CT molecular complexity index is 772. The number of benzene rings is 1. The predicted molar refractivity (Wildman–Crippen MR) is 107 cm³/mol.